The van der Waals surface area contributed by atoms with Crippen LogP contribution in [-0.2, 0) is 4.79 Å². The summed E-state index contributed by atoms with van der Waals surface area (Å²) >= 11 is 0. The van der Waals surface area contributed by atoms with Crippen LogP contribution in [-0.4, -0.2) is 29.7 Å². The zero-order valence-corrected chi connectivity index (χ0v) is 11.3. The first-order valence-electron chi connectivity index (χ1n) is 6.41. The standard InChI is InChI=1S/C15H10N4O3/c16-7-10-1-3-11(4-2-10)13-6-5-12(22-13)8-17-19-9-14(20)18-15(19)21/h1-6,8H,9H2,(H,18,20,21)/b17-8+. The van der Waals surface area contributed by atoms with Gasteiger partial charge >= 0.3 is 6.03 Å². The minimum atomic E-state index is -0.555. The maximum absolute atomic E-state index is 11.3. The third-order valence-electron chi connectivity index (χ3n) is 3.02. The van der Waals surface area contributed by atoms with E-state index in [0.717, 1.165) is 10.6 Å². The number of nitrogens with zero attached hydrogens (tertiary/aromatic N) is 3. The molecular weight excluding hydrogens is 284 g/mol. The molecule has 0 aliphatic carbocycles. The van der Waals surface area contributed by atoms with Gasteiger partial charge in [0.25, 0.3) is 0 Å². The number of imide groups is 1. The van der Waals surface area contributed by atoms with E-state index >= 15 is 0 Å². The van der Waals surface area contributed by atoms with Crippen molar-refractivity contribution >= 4 is 18.2 Å². The highest BCUT2D eigenvalue weighted by Gasteiger charge is 2.25. The van der Waals surface area contributed by atoms with Crippen LogP contribution in [0.5, 0.6) is 0 Å². The molecule has 22 heavy (non-hydrogen) atoms. The molecule has 3 rings (SSSR count). The van der Waals surface area contributed by atoms with Crippen LogP contribution < -0.4 is 5.32 Å². The van der Waals surface area contributed by atoms with Crippen molar-refractivity contribution in [3.05, 3.63) is 47.7 Å². The lowest BCUT2D eigenvalue weighted by molar-refractivity contribution is -0.118. The number of rotatable bonds is 3. The van der Waals surface area contributed by atoms with Crippen LogP contribution in [0.25, 0.3) is 11.3 Å². The first kappa shape index (κ1) is 13.6. The maximum atomic E-state index is 11.3. The predicted molar refractivity (Wildman–Crippen MR) is 76.7 cm³/mol. The van der Waals surface area contributed by atoms with Crippen LogP contribution >= 0.6 is 0 Å². The van der Waals surface area contributed by atoms with Gasteiger partial charge in [-0.05, 0) is 36.4 Å². The molecule has 0 unspecified atom stereocenters. The van der Waals surface area contributed by atoms with Crippen LogP contribution in [0.1, 0.15) is 11.3 Å². The van der Waals surface area contributed by atoms with Crippen LogP contribution in [0.15, 0.2) is 45.9 Å². The average Bonchev–Trinajstić information content (AvgIpc) is 3.12. The van der Waals surface area contributed by atoms with Crippen molar-refractivity contribution in [2.75, 3.05) is 6.54 Å². The summed E-state index contributed by atoms with van der Waals surface area (Å²) in [5.74, 6) is 0.680. The Labute approximate surface area is 125 Å². The summed E-state index contributed by atoms with van der Waals surface area (Å²) in [6.07, 6.45) is 1.37. The largest absolute Gasteiger partial charge is 0.455 e. The summed E-state index contributed by atoms with van der Waals surface area (Å²) in [7, 11) is 0. The summed E-state index contributed by atoms with van der Waals surface area (Å²) < 4.78 is 5.59. The van der Waals surface area contributed by atoms with Gasteiger partial charge in [0, 0.05) is 5.56 Å². The smallest absolute Gasteiger partial charge is 0.344 e. The van der Waals surface area contributed by atoms with Crippen molar-refractivity contribution in [3.63, 3.8) is 0 Å². The molecule has 1 fully saturated rings. The molecule has 7 nitrogen and oxygen atoms in total. The topological polar surface area (TPSA) is 98.7 Å². The molecule has 0 atom stereocenters. The number of hydrogen-bond acceptors (Lipinski definition) is 5. The summed E-state index contributed by atoms with van der Waals surface area (Å²) in [5.41, 5.74) is 1.40. The minimum absolute atomic E-state index is 0.0987. The quantitative estimate of drug-likeness (QED) is 0.688. The minimum Gasteiger partial charge on any atom is -0.455 e. The molecule has 1 aliphatic heterocycles. The van der Waals surface area contributed by atoms with Crippen molar-refractivity contribution in [2.24, 2.45) is 5.10 Å². The Morgan fingerprint density at radius 2 is 2.00 bits per heavy atom. The SMILES string of the molecule is N#Cc1ccc(-c2ccc(/C=N/N3CC(=O)NC3=O)o2)cc1. The Balaban J connectivity index is 1.75. The molecule has 1 saturated heterocycles. The van der Waals surface area contributed by atoms with E-state index in [2.05, 4.69) is 10.4 Å². The summed E-state index contributed by atoms with van der Waals surface area (Å²) in [4.78, 5) is 22.3. The number of carbonyl (C=O) groups is 2. The third-order valence-corrected chi connectivity index (χ3v) is 3.02. The number of hydrazone groups is 1. The molecule has 1 aromatic carbocycles. The molecule has 2 aromatic rings. The van der Waals surface area contributed by atoms with Crippen molar-refractivity contribution < 1.29 is 14.0 Å². The van der Waals surface area contributed by atoms with Crippen molar-refractivity contribution in [1.29, 1.82) is 5.26 Å². The maximum Gasteiger partial charge on any atom is 0.344 e. The van der Waals surface area contributed by atoms with Crippen LogP contribution in [0, 0.1) is 11.3 Å². The Hall–Kier alpha value is -3.40. The highest BCUT2D eigenvalue weighted by Crippen LogP contribution is 2.22. The van der Waals surface area contributed by atoms with Crippen LogP contribution in [0.4, 0.5) is 4.79 Å². The molecule has 2 heterocycles. The molecule has 108 valence electrons. The van der Waals surface area contributed by atoms with Gasteiger partial charge in [-0.2, -0.15) is 10.4 Å². The zero-order chi connectivity index (χ0) is 15.5. The normalized spacial score (nSPS) is 14.4. The molecule has 3 amide bonds. The number of carbonyl (C=O) groups excluding carboxylic acids is 2. The first-order chi connectivity index (χ1) is 10.7. The van der Waals surface area contributed by atoms with Crippen molar-refractivity contribution in [1.82, 2.24) is 10.3 Å². The molecule has 0 spiro atoms. The van der Waals surface area contributed by atoms with Gasteiger partial charge in [-0.25, -0.2) is 9.80 Å². The number of nitriles is 1. The van der Waals surface area contributed by atoms with Gasteiger partial charge in [0.05, 0.1) is 17.8 Å². The molecule has 0 saturated carbocycles. The van der Waals surface area contributed by atoms with Gasteiger partial charge < -0.3 is 4.42 Å². The Bertz CT molecular complexity index is 799. The molecule has 1 N–H and O–H groups in total. The third kappa shape index (κ3) is 2.71. The predicted octanol–water partition coefficient (Wildman–Crippen LogP) is 1.70. The summed E-state index contributed by atoms with van der Waals surface area (Å²) in [6.45, 7) is -0.0987. The van der Waals surface area contributed by atoms with E-state index in [0.29, 0.717) is 17.1 Å². The molecule has 0 radical (unpaired) electrons. The second-order valence-corrected chi connectivity index (χ2v) is 4.55. The lowest BCUT2D eigenvalue weighted by Gasteiger charge is -2.02. The fraction of sp³-hybridized carbons (Fsp3) is 0.0667. The highest BCUT2D eigenvalue weighted by molar-refractivity contribution is 6.02. The van der Waals surface area contributed by atoms with E-state index in [1.807, 2.05) is 6.07 Å². The van der Waals surface area contributed by atoms with E-state index in [1.165, 1.54) is 6.21 Å². The van der Waals surface area contributed by atoms with E-state index in [9.17, 15) is 9.59 Å². The summed E-state index contributed by atoms with van der Waals surface area (Å²) in [6, 6.07) is 11.9. The zero-order valence-electron chi connectivity index (χ0n) is 11.3. The molecule has 1 aliphatic rings. The number of nitrogens with one attached hydrogen (secondary N) is 1. The lowest BCUT2D eigenvalue weighted by atomic mass is 10.1. The number of benzene rings is 1. The van der Waals surface area contributed by atoms with Gasteiger partial charge in [0.1, 0.15) is 18.1 Å². The number of hydrogen-bond donors (Lipinski definition) is 1. The van der Waals surface area contributed by atoms with E-state index in [1.54, 1.807) is 36.4 Å². The van der Waals surface area contributed by atoms with E-state index in [4.69, 9.17) is 9.68 Å². The number of urea groups is 1. The lowest BCUT2D eigenvalue weighted by Crippen LogP contribution is -2.24. The molecule has 0 bridgehead atoms. The number of amides is 3. The van der Waals surface area contributed by atoms with Gasteiger partial charge in [0.2, 0.25) is 5.91 Å². The Kier molecular flexibility index (Phi) is 3.42. The fourth-order valence-corrected chi connectivity index (χ4v) is 1.94. The van der Waals surface area contributed by atoms with Crippen molar-refractivity contribution in [2.45, 2.75) is 0 Å². The highest BCUT2D eigenvalue weighted by atomic mass is 16.3. The van der Waals surface area contributed by atoms with E-state index in [-0.39, 0.29) is 12.5 Å². The van der Waals surface area contributed by atoms with E-state index < -0.39 is 6.03 Å². The molecule has 7 heteroatoms. The number of furan rings is 1. The summed E-state index contributed by atoms with van der Waals surface area (Å²) in [5, 5.41) is 15.8. The van der Waals surface area contributed by atoms with Gasteiger partial charge in [0.15, 0.2) is 0 Å². The average molecular weight is 294 g/mol. The monoisotopic (exact) mass is 294 g/mol. The fourth-order valence-electron chi connectivity index (χ4n) is 1.94. The van der Waals surface area contributed by atoms with Crippen LogP contribution in [0.2, 0.25) is 0 Å². The molecule has 1 aromatic heterocycles. The van der Waals surface area contributed by atoms with Crippen LogP contribution in [0.3, 0.4) is 0 Å². The van der Waals surface area contributed by atoms with Gasteiger partial charge in [-0.1, -0.05) is 0 Å². The first-order valence-corrected chi connectivity index (χ1v) is 6.41. The second kappa shape index (κ2) is 5.54. The second-order valence-electron chi connectivity index (χ2n) is 4.55. The Morgan fingerprint density at radius 1 is 1.23 bits per heavy atom. The Morgan fingerprint density at radius 3 is 2.64 bits per heavy atom. The molecular formula is C15H10N4O3. The van der Waals surface area contributed by atoms with Crippen molar-refractivity contribution in [3.8, 4) is 17.4 Å². The van der Waals surface area contributed by atoms with Gasteiger partial charge in [-0.3, -0.25) is 10.1 Å². The van der Waals surface area contributed by atoms with Gasteiger partial charge in [-0.15, -0.1) is 0 Å².